The highest BCUT2D eigenvalue weighted by molar-refractivity contribution is 7.99. The molecule has 0 saturated heterocycles. The molecule has 0 aliphatic rings. The number of fused-ring (bicyclic) bond motifs is 1. The van der Waals surface area contributed by atoms with Crippen LogP contribution in [-0.4, -0.2) is 19.9 Å². The van der Waals surface area contributed by atoms with E-state index in [0.717, 1.165) is 20.9 Å². The maximum absolute atomic E-state index is 11.5. The smallest absolute Gasteiger partial charge is 0.251 e. The van der Waals surface area contributed by atoms with Crippen LogP contribution in [0.2, 0.25) is 0 Å². The zero-order chi connectivity index (χ0) is 14.1. The van der Waals surface area contributed by atoms with Gasteiger partial charge in [0.05, 0.1) is 15.5 Å². The van der Waals surface area contributed by atoms with Crippen LogP contribution in [0.5, 0.6) is 0 Å². The van der Waals surface area contributed by atoms with Gasteiger partial charge in [-0.25, -0.2) is 15.0 Å². The molecule has 0 amide bonds. The van der Waals surface area contributed by atoms with Gasteiger partial charge in [0.2, 0.25) is 0 Å². The number of aromatic nitrogens is 4. The first kappa shape index (κ1) is 13.3. The molecule has 0 aromatic carbocycles. The summed E-state index contributed by atoms with van der Waals surface area (Å²) in [4.78, 5) is 27.2. The Morgan fingerprint density at radius 3 is 3.05 bits per heavy atom. The summed E-state index contributed by atoms with van der Waals surface area (Å²) in [6, 6.07) is 3.46. The summed E-state index contributed by atoms with van der Waals surface area (Å²) in [5.74, 6) is 0.670. The molecule has 20 heavy (non-hydrogen) atoms. The number of aromatic amines is 1. The third-order valence-corrected chi connectivity index (χ3v) is 4.92. The van der Waals surface area contributed by atoms with Gasteiger partial charge in [0.1, 0.15) is 17.2 Å². The molecule has 0 spiro atoms. The van der Waals surface area contributed by atoms with E-state index in [1.807, 2.05) is 25.3 Å². The molecule has 3 aromatic heterocycles. The van der Waals surface area contributed by atoms with Crippen molar-refractivity contribution in [2.45, 2.75) is 24.1 Å². The fraction of sp³-hybridized carbons (Fsp3) is 0.231. The second kappa shape index (κ2) is 5.34. The molecule has 0 fully saturated rings. The van der Waals surface area contributed by atoms with E-state index in [-0.39, 0.29) is 10.8 Å². The van der Waals surface area contributed by atoms with Crippen molar-refractivity contribution in [2.24, 2.45) is 0 Å². The maximum Gasteiger partial charge on any atom is 0.251 e. The summed E-state index contributed by atoms with van der Waals surface area (Å²) in [5.41, 5.74) is 1.55. The lowest BCUT2D eigenvalue weighted by Crippen LogP contribution is -2.12. The molecular weight excluding hydrogens is 292 g/mol. The highest BCUT2D eigenvalue weighted by Gasteiger charge is 2.14. The molecule has 1 N–H and O–H groups in total. The number of thiophene rings is 1. The number of aryl methyl sites for hydroxylation is 1. The first-order chi connectivity index (χ1) is 9.63. The molecule has 0 bridgehead atoms. The molecule has 0 aliphatic heterocycles. The van der Waals surface area contributed by atoms with E-state index in [9.17, 15) is 4.79 Å². The molecule has 0 aliphatic carbocycles. The minimum Gasteiger partial charge on any atom is -0.310 e. The number of H-pyrrole nitrogens is 1. The molecule has 0 saturated carbocycles. The fourth-order valence-corrected chi connectivity index (χ4v) is 3.76. The summed E-state index contributed by atoms with van der Waals surface area (Å²) in [5, 5.41) is 2.94. The number of nitrogens with one attached hydrogen (secondary N) is 1. The van der Waals surface area contributed by atoms with Crippen LogP contribution >= 0.6 is 23.1 Å². The minimum absolute atomic E-state index is 0.0165. The molecule has 102 valence electrons. The standard InChI is InChI=1S/C13H12N4OS2/c1-7-5-10(18)17-12(16-7)8(2)20-13-11-9(3-4-19-11)14-6-15-13/h3-6,8H,1-2H3,(H,16,17,18)/t8-/m0/s1. The molecule has 0 radical (unpaired) electrons. The van der Waals surface area contributed by atoms with Crippen LogP contribution in [0, 0.1) is 6.92 Å². The number of hydrogen-bond acceptors (Lipinski definition) is 6. The van der Waals surface area contributed by atoms with Crippen LogP contribution in [0.4, 0.5) is 0 Å². The molecule has 5 nitrogen and oxygen atoms in total. The van der Waals surface area contributed by atoms with E-state index in [0.29, 0.717) is 5.82 Å². The van der Waals surface area contributed by atoms with Gasteiger partial charge in [-0.15, -0.1) is 11.3 Å². The number of nitrogens with zero attached hydrogens (tertiary/aromatic N) is 3. The number of hydrogen-bond donors (Lipinski definition) is 1. The zero-order valence-electron chi connectivity index (χ0n) is 11.0. The van der Waals surface area contributed by atoms with Crippen molar-refractivity contribution < 1.29 is 0 Å². The van der Waals surface area contributed by atoms with Crippen molar-refractivity contribution >= 4 is 33.3 Å². The summed E-state index contributed by atoms with van der Waals surface area (Å²) in [6.07, 6.45) is 1.57. The predicted octanol–water partition coefficient (Wildman–Crippen LogP) is 2.94. The van der Waals surface area contributed by atoms with Crippen molar-refractivity contribution in [1.82, 2.24) is 19.9 Å². The highest BCUT2D eigenvalue weighted by atomic mass is 32.2. The van der Waals surface area contributed by atoms with Crippen LogP contribution < -0.4 is 5.56 Å². The van der Waals surface area contributed by atoms with Gasteiger partial charge >= 0.3 is 0 Å². The fourth-order valence-electron chi connectivity index (χ4n) is 1.87. The van der Waals surface area contributed by atoms with Gasteiger partial charge in [0, 0.05) is 11.8 Å². The van der Waals surface area contributed by atoms with Gasteiger partial charge in [-0.2, -0.15) is 0 Å². The molecule has 3 heterocycles. The second-order valence-corrected chi connectivity index (χ2v) is 6.59. The quantitative estimate of drug-likeness (QED) is 0.595. The summed E-state index contributed by atoms with van der Waals surface area (Å²) in [6.45, 7) is 3.82. The Morgan fingerprint density at radius 2 is 2.25 bits per heavy atom. The van der Waals surface area contributed by atoms with Crippen LogP contribution in [0.25, 0.3) is 10.2 Å². The van der Waals surface area contributed by atoms with E-state index in [1.165, 1.54) is 6.07 Å². The Hall–Kier alpha value is -1.73. The molecular formula is C13H12N4OS2. The normalized spacial score (nSPS) is 12.7. The van der Waals surface area contributed by atoms with E-state index in [4.69, 9.17) is 0 Å². The zero-order valence-corrected chi connectivity index (χ0v) is 12.6. The largest absolute Gasteiger partial charge is 0.310 e. The molecule has 7 heteroatoms. The van der Waals surface area contributed by atoms with E-state index >= 15 is 0 Å². The van der Waals surface area contributed by atoms with Crippen molar-refractivity contribution in [3.63, 3.8) is 0 Å². The summed E-state index contributed by atoms with van der Waals surface area (Å²) < 4.78 is 1.07. The van der Waals surface area contributed by atoms with Crippen LogP contribution in [0.1, 0.15) is 23.7 Å². The van der Waals surface area contributed by atoms with Crippen LogP contribution in [-0.2, 0) is 0 Å². The van der Waals surface area contributed by atoms with E-state index < -0.39 is 0 Å². The predicted molar refractivity (Wildman–Crippen MR) is 81.3 cm³/mol. The Kier molecular flexibility index (Phi) is 3.54. The van der Waals surface area contributed by atoms with Crippen molar-refractivity contribution in [3.8, 4) is 0 Å². The Bertz CT molecular complexity index is 811. The second-order valence-electron chi connectivity index (χ2n) is 4.35. The van der Waals surface area contributed by atoms with Gasteiger partial charge in [0.15, 0.2) is 0 Å². The van der Waals surface area contributed by atoms with Gasteiger partial charge in [-0.05, 0) is 25.3 Å². The average molecular weight is 304 g/mol. The van der Waals surface area contributed by atoms with Crippen molar-refractivity contribution in [3.05, 3.63) is 45.7 Å². The van der Waals surface area contributed by atoms with Crippen molar-refractivity contribution in [2.75, 3.05) is 0 Å². The lowest BCUT2D eigenvalue weighted by molar-refractivity contribution is 0.880. The third kappa shape index (κ3) is 2.59. The first-order valence-electron chi connectivity index (χ1n) is 6.06. The topological polar surface area (TPSA) is 71.5 Å². The van der Waals surface area contributed by atoms with E-state index in [1.54, 1.807) is 29.4 Å². The number of thioether (sulfide) groups is 1. The lowest BCUT2D eigenvalue weighted by atomic mass is 10.4. The number of rotatable bonds is 3. The SMILES string of the molecule is Cc1cc(=O)[nH]c([C@H](C)Sc2ncnc3ccsc23)n1. The summed E-state index contributed by atoms with van der Waals surface area (Å²) in [7, 11) is 0. The van der Waals surface area contributed by atoms with Gasteiger partial charge < -0.3 is 4.98 Å². The third-order valence-electron chi connectivity index (χ3n) is 2.77. The molecule has 3 rings (SSSR count). The maximum atomic E-state index is 11.5. The lowest BCUT2D eigenvalue weighted by Gasteiger charge is -2.10. The summed E-state index contributed by atoms with van der Waals surface area (Å²) >= 11 is 3.19. The van der Waals surface area contributed by atoms with Crippen LogP contribution in [0.15, 0.2) is 33.7 Å². The van der Waals surface area contributed by atoms with Gasteiger partial charge in [-0.3, -0.25) is 4.79 Å². The van der Waals surface area contributed by atoms with E-state index in [2.05, 4.69) is 19.9 Å². The van der Waals surface area contributed by atoms with Gasteiger partial charge in [0.25, 0.3) is 5.56 Å². The minimum atomic E-state index is -0.121. The Labute approximate surface area is 123 Å². The Morgan fingerprint density at radius 1 is 1.40 bits per heavy atom. The van der Waals surface area contributed by atoms with Crippen molar-refractivity contribution in [1.29, 1.82) is 0 Å². The average Bonchev–Trinajstić information content (AvgIpc) is 2.87. The highest BCUT2D eigenvalue weighted by Crippen LogP contribution is 2.36. The molecule has 0 unspecified atom stereocenters. The monoisotopic (exact) mass is 304 g/mol. The van der Waals surface area contributed by atoms with Gasteiger partial charge in [-0.1, -0.05) is 11.8 Å². The molecule has 1 atom stereocenters. The first-order valence-corrected chi connectivity index (χ1v) is 7.82. The molecule has 3 aromatic rings. The van der Waals surface area contributed by atoms with Crippen LogP contribution in [0.3, 0.4) is 0 Å². The Balaban J connectivity index is 1.94.